The molecule has 0 N–H and O–H groups in total. The maximum absolute atomic E-state index is 11.6. The van der Waals surface area contributed by atoms with Crippen LogP contribution in [0.5, 0.6) is 0 Å². The number of carbonyl (C=O) groups is 1. The van der Waals surface area contributed by atoms with Crippen molar-refractivity contribution >= 4 is 21.9 Å². The molecule has 0 saturated heterocycles. The third-order valence-electron chi connectivity index (χ3n) is 1.68. The highest BCUT2D eigenvalue weighted by Crippen LogP contribution is 2.19. The third-order valence-corrected chi connectivity index (χ3v) is 2.38. The molecule has 2 nitrogen and oxygen atoms in total. The highest BCUT2D eigenvalue weighted by atomic mass is 79.9. The van der Waals surface area contributed by atoms with Crippen LogP contribution in [0.25, 0.3) is 0 Å². The Morgan fingerprint density at radius 2 is 1.85 bits per heavy atom. The van der Waals surface area contributed by atoms with E-state index in [4.69, 9.17) is 4.74 Å². The van der Waals surface area contributed by atoms with E-state index in [9.17, 15) is 4.79 Å². The van der Waals surface area contributed by atoms with Gasteiger partial charge in [0.25, 0.3) is 0 Å². The lowest BCUT2D eigenvalue weighted by Crippen LogP contribution is -2.31. The summed E-state index contributed by atoms with van der Waals surface area (Å²) < 4.78 is 5.28. The smallest absolute Gasteiger partial charge is 0.310 e. The zero-order chi connectivity index (χ0) is 10.6. The number of halogens is 1. The van der Waals surface area contributed by atoms with Gasteiger partial charge >= 0.3 is 5.97 Å². The Balaban J connectivity index is 4.23. The molecule has 0 aliphatic heterocycles. The van der Waals surface area contributed by atoms with Crippen LogP contribution in [0.15, 0.2) is 0 Å². The number of ether oxygens (including phenoxy) is 1. The molecule has 0 rings (SSSR count). The van der Waals surface area contributed by atoms with Crippen LogP contribution in [0.4, 0.5) is 0 Å². The zero-order valence-electron chi connectivity index (χ0n) is 9.06. The average Bonchev–Trinajstić information content (AvgIpc) is 1.82. The Labute approximate surface area is 89.2 Å². The minimum atomic E-state index is -0.383. The zero-order valence-corrected chi connectivity index (χ0v) is 10.6. The van der Waals surface area contributed by atoms with Gasteiger partial charge in [-0.05, 0) is 26.7 Å². The summed E-state index contributed by atoms with van der Waals surface area (Å²) in [7, 11) is 0. The normalized spacial score (nSPS) is 14.4. The minimum absolute atomic E-state index is 0.0424. The molecule has 0 heterocycles. The number of carbonyl (C=O) groups excluding carboxylic acids is 1. The largest absolute Gasteiger partial charge is 0.460 e. The lowest BCUT2D eigenvalue weighted by Gasteiger charge is -2.24. The second kappa shape index (κ2) is 4.99. The molecule has 78 valence electrons. The van der Waals surface area contributed by atoms with Crippen molar-refractivity contribution in [2.24, 2.45) is 11.8 Å². The van der Waals surface area contributed by atoms with E-state index in [2.05, 4.69) is 15.9 Å². The van der Waals surface area contributed by atoms with E-state index < -0.39 is 0 Å². The Bertz CT molecular complexity index is 170. The maximum atomic E-state index is 11.6. The Hall–Kier alpha value is -0.0500. The molecule has 3 heteroatoms. The highest BCUT2D eigenvalue weighted by molar-refractivity contribution is 9.09. The minimum Gasteiger partial charge on any atom is -0.460 e. The van der Waals surface area contributed by atoms with Gasteiger partial charge in [-0.3, -0.25) is 4.79 Å². The van der Waals surface area contributed by atoms with Crippen LogP contribution in [0.1, 0.15) is 34.6 Å². The maximum Gasteiger partial charge on any atom is 0.310 e. The van der Waals surface area contributed by atoms with Gasteiger partial charge in [-0.1, -0.05) is 29.8 Å². The predicted octanol–water partition coefficient (Wildman–Crippen LogP) is 3.00. The van der Waals surface area contributed by atoms with E-state index in [1.807, 2.05) is 34.6 Å². The summed E-state index contributed by atoms with van der Waals surface area (Å²) in [6.45, 7) is 9.70. The monoisotopic (exact) mass is 250 g/mol. The molecule has 0 bridgehead atoms. The first-order chi connectivity index (χ1) is 5.78. The first-order valence-electron chi connectivity index (χ1n) is 4.56. The van der Waals surface area contributed by atoms with E-state index in [0.29, 0.717) is 11.2 Å². The van der Waals surface area contributed by atoms with Crippen LogP contribution in [0.3, 0.4) is 0 Å². The molecule has 13 heavy (non-hydrogen) atoms. The van der Waals surface area contributed by atoms with Crippen molar-refractivity contribution < 1.29 is 9.53 Å². The van der Waals surface area contributed by atoms with Crippen LogP contribution < -0.4 is 0 Å². The van der Waals surface area contributed by atoms with E-state index >= 15 is 0 Å². The summed E-state index contributed by atoms with van der Waals surface area (Å²) in [5, 5.41) is 0.666. The second-order valence-electron chi connectivity index (χ2n) is 4.54. The quantitative estimate of drug-likeness (QED) is 0.569. The van der Waals surface area contributed by atoms with Crippen molar-refractivity contribution in [2.45, 2.75) is 40.2 Å². The molecule has 1 unspecified atom stereocenters. The average molecular weight is 251 g/mol. The Kier molecular flexibility index (Phi) is 4.97. The molecule has 0 aromatic carbocycles. The standard InChI is InChI=1S/C10H19BrO2/c1-7(2)8(6-11)9(12)13-10(3,4)5/h7-8H,6H2,1-5H3. The lowest BCUT2D eigenvalue weighted by atomic mass is 9.98. The predicted molar refractivity (Wildman–Crippen MR) is 58.0 cm³/mol. The topological polar surface area (TPSA) is 26.3 Å². The molecule has 0 aromatic heterocycles. The molecule has 0 aliphatic carbocycles. The van der Waals surface area contributed by atoms with Gasteiger partial charge in [0.1, 0.15) is 5.60 Å². The molecule has 0 radical (unpaired) electrons. The first kappa shape index (κ1) is 12.9. The van der Waals surface area contributed by atoms with E-state index in [1.165, 1.54) is 0 Å². The molecule has 0 aliphatic rings. The number of hydrogen-bond donors (Lipinski definition) is 0. The fourth-order valence-corrected chi connectivity index (χ4v) is 1.90. The molecule has 0 amide bonds. The second-order valence-corrected chi connectivity index (χ2v) is 5.19. The fraction of sp³-hybridized carbons (Fsp3) is 0.900. The summed E-state index contributed by atoms with van der Waals surface area (Å²) in [5.74, 6) is 0.160. The van der Waals surface area contributed by atoms with Gasteiger partial charge in [0.15, 0.2) is 0 Å². The van der Waals surface area contributed by atoms with Crippen LogP contribution in [-0.4, -0.2) is 16.9 Å². The van der Waals surface area contributed by atoms with Crippen LogP contribution in [-0.2, 0) is 9.53 Å². The Morgan fingerprint density at radius 1 is 1.38 bits per heavy atom. The van der Waals surface area contributed by atoms with Gasteiger partial charge < -0.3 is 4.74 Å². The summed E-state index contributed by atoms with van der Waals surface area (Å²) in [6, 6.07) is 0. The lowest BCUT2D eigenvalue weighted by molar-refractivity contribution is -0.160. The van der Waals surface area contributed by atoms with Gasteiger partial charge in [0, 0.05) is 5.33 Å². The molecule has 0 fully saturated rings. The van der Waals surface area contributed by atoms with Crippen molar-refractivity contribution in [3.05, 3.63) is 0 Å². The van der Waals surface area contributed by atoms with Gasteiger partial charge in [0.05, 0.1) is 5.92 Å². The van der Waals surface area contributed by atoms with Crippen LogP contribution in [0.2, 0.25) is 0 Å². The van der Waals surface area contributed by atoms with Gasteiger partial charge in [0.2, 0.25) is 0 Å². The van der Waals surface area contributed by atoms with E-state index in [1.54, 1.807) is 0 Å². The van der Waals surface area contributed by atoms with Crippen molar-refractivity contribution in [1.29, 1.82) is 0 Å². The van der Waals surface area contributed by atoms with Crippen LogP contribution >= 0.6 is 15.9 Å². The molecule has 0 spiro atoms. The van der Waals surface area contributed by atoms with Gasteiger partial charge in [-0.2, -0.15) is 0 Å². The summed E-state index contributed by atoms with van der Waals surface area (Å²) in [6.07, 6.45) is 0. The SMILES string of the molecule is CC(C)C(CBr)C(=O)OC(C)(C)C. The number of hydrogen-bond acceptors (Lipinski definition) is 2. The number of alkyl halides is 1. The van der Waals surface area contributed by atoms with Gasteiger partial charge in [-0.25, -0.2) is 0 Å². The Morgan fingerprint density at radius 3 is 2.08 bits per heavy atom. The third kappa shape index (κ3) is 5.29. The van der Waals surface area contributed by atoms with Crippen molar-refractivity contribution in [1.82, 2.24) is 0 Å². The fourth-order valence-electron chi connectivity index (χ4n) is 0.891. The summed E-state index contributed by atoms with van der Waals surface area (Å²) in [5.41, 5.74) is -0.383. The molecule has 1 atom stereocenters. The van der Waals surface area contributed by atoms with Crippen molar-refractivity contribution in [2.75, 3.05) is 5.33 Å². The van der Waals surface area contributed by atoms with Crippen molar-refractivity contribution in [3.63, 3.8) is 0 Å². The van der Waals surface area contributed by atoms with Crippen LogP contribution in [0, 0.1) is 11.8 Å². The van der Waals surface area contributed by atoms with Crippen molar-refractivity contribution in [3.8, 4) is 0 Å². The molecule has 0 aromatic rings. The van der Waals surface area contributed by atoms with E-state index in [-0.39, 0.29) is 17.5 Å². The molecule has 0 saturated carbocycles. The first-order valence-corrected chi connectivity index (χ1v) is 5.69. The molecular formula is C10H19BrO2. The summed E-state index contributed by atoms with van der Waals surface area (Å²) in [4.78, 5) is 11.6. The highest BCUT2D eigenvalue weighted by Gasteiger charge is 2.26. The molecular weight excluding hydrogens is 232 g/mol. The summed E-state index contributed by atoms with van der Waals surface area (Å²) >= 11 is 3.32. The number of rotatable bonds is 3. The number of esters is 1. The van der Waals surface area contributed by atoms with E-state index in [0.717, 1.165) is 0 Å². The van der Waals surface area contributed by atoms with Gasteiger partial charge in [-0.15, -0.1) is 0 Å².